The molecule has 268 valence electrons. The van der Waals surface area contributed by atoms with Gasteiger partial charge in [0.05, 0.1) is 31.6 Å². The second kappa shape index (κ2) is 14.1. The Morgan fingerprint density at radius 1 is 1.02 bits per heavy atom. The van der Waals surface area contributed by atoms with Crippen molar-refractivity contribution in [2.75, 3.05) is 17.3 Å². The number of nitrogens with one attached hydrogen (secondary N) is 1. The Bertz CT molecular complexity index is 2050. The fourth-order valence-electron chi connectivity index (χ4n) is 7.86. The number of aliphatic hydroxyl groups excluding tert-OH is 1. The van der Waals surface area contributed by atoms with Gasteiger partial charge in [-0.05, 0) is 73.1 Å². The predicted octanol–water partition coefficient (Wildman–Crippen LogP) is 7.03. The molecule has 1 fully saturated rings. The van der Waals surface area contributed by atoms with Gasteiger partial charge in [0, 0.05) is 34.8 Å². The Hall–Kier alpha value is -5.17. The maximum Gasteiger partial charge on any atom is 0.264 e. The SMILES string of the molecule is COc1ccc(C(=O)Nc2ccc(CN3C(=O)[C@]4(O[C@H](CCn5cc([C@H](O)c6ccccc6)nn5)[C@@H]([Si](C)(C)F)[C@@H]4C)c4ccccc43)cc2)cc1. The Morgan fingerprint density at radius 3 is 2.40 bits per heavy atom. The molecule has 0 radical (unpaired) electrons. The average molecular weight is 720 g/mol. The van der Waals surface area contributed by atoms with Gasteiger partial charge in [0.15, 0.2) is 5.60 Å². The molecule has 1 spiro atoms. The maximum atomic E-state index is 16.3. The number of benzene rings is 4. The number of para-hydroxylation sites is 1. The molecule has 0 saturated carbocycles. The number of aliphatic hydroxyl groups is 1. The third-order valence-corrected chi connectivity index (χ3v) is 12.8. The second-order valence-electron chi connectivity index (χ2n) is 14.1. The molecule has 0 unspecified atom stereocenters. The quantitative estimate of drug-likeness (QED) is 0.111. The minimum atomic E-state index is -3.36. The van der Waals surface area contributed by atoms with Crippen molar-refractivity contribution in [2.45, 2.75) is 62.9 Å². The first-order chi connectivity index (χ1) is 25.0. The van der Waals surface area contributed by atoms with Gasteiger partial charge in [-0.3, -0.25) is 14.3 Å². The molecule has 2 aliphatic rings. The van der Waals surface area contributed by atoms with Crippen molar-refractivity contribution in [3.63, 3.8) is 0 Å². The van der Waals surface area contributed by atoms with Crippen LogP contribution in [0, 0.1) is 5.92 Å². The van der Waals surface area contributed by atoms with Crippen LogP contribution in [0.1, 0.15) is 52.2 Å². The Labute approximate surface area is 303 Å². The van der Waals surface area contributed by atoms with Gasteiger partial charge >= 0.3 is 0 Å². The molecule has 2 N–H and O–H groups in total. The highest BCUT2D eigenvalue weighted by atomic mass is 28.4. The molecule has 0 aliphatic carbocycles. The van der Waals surface area contributed by atoms with Crippen molar-refractivity contribution in [1.29, 1.82) is 0 Å². The van der Waals surface area contributed by atoms with Gasteiger partial charge in [-0.2, -0.15) is 0 Å². The molecule has 4 aromatic carbocycles. The number of carbonyl (C=O) groups excluding carboxylic acids is 2. The summed E-state index contributed by atoms with van der Waals surface area (Å²) in [5.74, 6) is -0.213. The van der Waals surface area contributed by atoms with Crippen LogP contribution in [0.25, 0.3) is 0 Å². The normalized spacial score (nSPS) is 21.7. The molecule has 0 bridgehead atoms. The third-order valence-electron chi connectivity index (χ3n) is 10.4. The summed E-state index contributed by atoms with van der Waals surface area (Å²) in [7, 11) is -1.78. The van der Waals surface area contributed by atoms with E-state index in [1.165, 1.54) is 0 Å². The van der Waals surface area contributed by atoms with Crippen LogP contribution in [0.2, 0.25) is 18.6 Å². The average Bonchev–Trinajstić information content (AvgIpc) is 3.82. The Morgan fingerprint density at radius 2 is 1.71 bits per heavy atom. The van der Waals surface area contributed by atoms with Crippen LogP contribution in [0.15, 0.2) is 109 Å². The minimum absolute atomic E-state index is 0.210. The molecule has 1 aromatic heterocycles. The summed E-state index contributed by atoms with van der Waals surface area (Å²) in [6.07, 6.45) is 0.657. The Balaban J connectivity index is 1.09. The zero-order chi connectivity index (χ0) is 36.6. The summed E-state index contributed by atoms with van der Waals surface area (Å²) < 4.78 is 30.0. The Kier molecular flexibility index (Phi) is 9.55. The van der Waals surface area contributed by atoms with E-state index in [1.807, 2.05) is 85.8 Å². The second-order valence-corrected chi connectivity index (χ2v) is 17.9. The molecule has 3 heterocycles. The molecular formula is C40H42FN5O5Si. The van der Waals surface area contributed by atoms with Crippen molar-refractivity contribution in [3.8, 4) is 5.75 Å². The van der Waals surface area contributed by atoms with Crippen molar-refractivity contribution in [3.05, 3.63) is 137 Å². The number of carbonyl (C=O) groups is 2. The van der Waals surface area contributed by atoms with Gasteiger partial charge < -0.3 is 28.9 Å². The number of fused-ring (bicyclic) bond motifs is 2. The van der Waals surface area contributed by atoms with Crippen LogP contribution in [0.4, 0.5) is 15.5 Å². The number of halogens is 1. The lowest BCUT2D eigenvalue weighted by atomic mass is 9.82. The number of aromatic nitrogens is 3. The maximum absolute atomic E-state index is 16.3. The van der Waals surface area contributed by atoms with Crippen molar-refractivity contribution < 1.29 is 28.3 Å². The largest absolute Gasteiger partial charge is 0.497 e. The monoisotopic (exact) mass is 719 g/mol. The molecule has 5 atom stereocenters. The number of hydrogen-bond donors (Lipinski definition) is 2. The highest BCUT2D eigenvalue weighted by Gasteiger charge is 2.66. The van der Waals surface area contributed by atoms with E-state index in [0.717, 1.165) is 16.8 Å². The summed E-state index contributed by atoms with van der Waals surface area (Å²) in [5, 5.41) is 22.2. The van der Waals surface area contributed by atoms with Crippen LogP contribution in [0.5, 0.6) is 5.75 Å². The number of ether oxygens (including phenoxy) is 2. The van der Waals surface area contributed by atoms with Gasteiger partial charge in [0.25, 0.3) is 11.8 Å². The lowest BCUT2D eigenvalue weighted by molar-refractivity contribution is -0.146. The molecule has 1 saturated heterocycles. The zero-order valence-corrected chi connectivity index (χ0v) is 30.6. The van der Waals surface area contributed by atoms with Crippen molar-refractivity contribution in [2.24, 2.45) is 5.92 Å². The standard InChI is InChI=1S/C40H42FN5O5Si/c1-26-37(52(3,4)41)35(22-23-45-25-33(43-44-45)36(47)28-10-6-5-7-11-28)51-40(26)32-12-8-9-13-34(32)46(39(40)49)24-27-14-18-30(19-15-27)42-38(48)29-16-20-31(50-2)21-17-29/h5-21,25-26,35-37,47H,22-24H2,1-4H3,(H,42,48)/t26-,35+,36+,37-,40+/m0/s1. The number of hydrogen-bond acceptors (Lipinski definition) is 7. The van der Waals surface area contributed by atoms with E-state index in [4.69, 9.17) is 9.47 Å². The third kappa shape index (κ3) is 6.53. The zero-order valence-electron chi connectivity index (χ0n) is 29.6. The summed E-state index contributed by atoms with van der Waals surface area (Å²) in [4.78, 5) is 29.2. The lowest BCUT2D eigenvalue weighted by Gasteiger charge is -2.31. The first-order valence-electron chi connectivity index (χ1n) is 17.4. The van der Waals surface area contributed by atoms with Crippen LogP contribution in [0.3, 0.4) is 0 Å². The number of rotatable bonds is 11. The minimum Gasteiger partial charge on any atom is -0.497 e. The van der Waals surface area contributed by atoms with Gasteiger partial charge in [0.2, 0.25) is 8.41 Å². The van der Waals surface area contributed by atoms with E-state index in [0.29, 0.717) is 41.2 Å². The number of anilines is 2. The lowest BCUT2D eigenvalue weighted by Crippen LogP contribution is -2.45. The molecule has 12 heteroatoms. The van der Waals surface area contributed by atoms with E-state index in [-0.39, 0.29) is 18.4 Å². The number of nitrogens with zero attached hydrogens (tertiary/aromatic N) is 4. The summed E-state index contributed by atoms with van der Waals surface area (Å²) in [6, 6.07) is 31.1. The van der Waals surface area contributed by atoms with Crippen LogP contribution in [-0.4, -0.2) is 53.5 Å². The molecule has 10 nitrogen and oxygen atoms in total. The number of aryl methyl sites for hydroxylation is 1. The van der Waals surface area contributed by atoms with Gasteiger partial charge in [0.1, 0.15) is 17.5 Å². The van der Waals surface area contributed by atoms with Crippen LogP contribution in [-0.2, 0) is 28.2 Å². The summed E-state index contributed by atoms with van der Waals surface area (Å²) in [5.41, 5.74) is 2.80. The molecule has 5 aromatic rings. The summed E-state index contributed by atoms with van der Waals surface area (Å²) >= 11 is 0. The number of methoxy groups -OCH3 is 1. The van der Waals surface area contributed by atoms with Crippen LogP contribution < -0.4 is 15.0 Å². The van der Waals surface area contributed by atoms with Crippen LogP contribution >= 0.6 is 0 Å². The molecule has 2 amide bonds. The highest BCUT2D eigenvalue weighted by molar-refractivity contribution is 6.72. The first-order valence-corrected chi connectivity index (χ1v) is 20.4. The molecular weight excluding hydrogens is 678 g/mol. The van der Waals surface area contributed by atoms with E-state index in [2.05, 4.69) is 15.6 Å². The van der Waals surface area contributed by atoms with Crippen molar-refractivity contribution >= 4 is 31.6 Å². The highest BCUT2D eigenvalue weighted by Crippen LogP contribution is 2.60. The topological polar surface area (TPSA) is 119 Å². The summed E-state index contributed by atoms with van der Waals surface area (Å²) in [6.45, 7) is 5.97. The van der Waals surface area contributed by atoms with E-state index in [9.17, 15) is 14.7 Å². The van der Waals surface area contributed by atoms with Crippen molar-refractivity contribution in [1.82, 2.24) is 15.0 Å². The number of amides is 2. The first kappa shape index (κ1) is 35.2. The van der Waals surface area contributed by atoms with E-state index >= 15 is 4.11 Å². The fraction of sp³-hybridized carbons (Fsp3) is 0.300. The smallest absolute Gasteiger partial charge is 0.264 e. The predicted molar refractivity (Wildman–Crippen MR) is 198 cm³/mol. The molecule has 7 rings (SSSR count). The molecule has 2 aliphatic heterocycles. The fourth-order valence-corrected chi connectivity index (χ4v) is 10.4. The molecule has 52 heavy (non-hydrogen) atoms. The van der Waals surface area contributed by atoms with Gasteiger partial charge in [-0.15, -0.1) is 5.10 Å². The van der Waals surface area contributed by atoms with E-state index < -0.39 is 37.7 Å². The van der Waals surface area contributed by atoms with Gasteiger partial charge in [-0.1, -0.05) is 72.8 Å². The van der Waals surface area contributed by atoms with Gasteiger partial charge in [-0.25, -0.2) is 0 Å². The van der Waals surface area contributed by atoms with E-state index in [1.54, 1.807) is 60.2 Å².